The summed E-state index contributed by atoms with van der Waals surface area (Å²) in [5.74, 6) is 0. The van der Waals surface area contributed by atoms with E-state index >= 15 is 0 Å². The third-order valence-corrected chi connectivity index (χ3v) is 4.43. The summed E-state index contributed by atoms with van der Waals surface area (Å²) in [6, 6.07) is 7.11. The summed E-state index contributed by atoms with van der Waals surface area (Å²) < 4.78 is 2.31. The Balaban J connectivity index is 1.88. The molecule has 0 unspecified atom stereocenters. The van der Waals surface area contributed by atoms with Crippen LogP contribution in [0.15, 0.2) is 27.1 Å². The van der Waals surface area contributed by atoms with Gasteiger partial charge in [-0.25, -0.2) is 0 Å². The topological polar surface area (TPSA) is 12.0 Å². The highest BCUT2D eigenvalue weighted by Gasteiger charge is 2.12. The molecule has 0 radical (unpaired) electrons. The van der Waals surface area contributed by atoms with Gasteiger partial charge in [0, 0.05) is 21.5 Å². The molecule has 0 heterocycles. The number of nitrogens with one attached hydrogen (secondary N) is 1. The van der Waals surface area contributed by atoms with Crippen LogP contribution in [0.1, 0.15) is 37.7 Å². The van der Waals surface area contributed by atoms with Gasteiger partial charge in [-0.3, -0.25) is 0 Å². The maximum atomic E-state index is 3.65. The first-order chi connectivity index (χ1) is 7.75. The highest BCUT2D eigenvalue weighted by atomic mass is 79.9. The number of hydrogen-bond donors (Lipinski definition) is 1. The van der Waals surface area contributed by atoms with E-state index in [0.717, 1.165) is 17.1 Å². The molecular formula is C13H17Br2N. The maximum absolute atomic E-state index is 3.65. The van der Waals surface area contributed by atoms with Gasteiger partial charge in [0.05, 0.1) is 0 Å². The second-order valence-corrected chi connectivity index (χ2v) is 6.22. The van der Waals surface area contributed by atoms with Crippen LogP contribution in [0.2, 0.25) is 0 Å². The normalized spacial score (nSPS) is 17.6. The van der Waals surface area contributed by atoms with Crippen molar-refractivity contribution in [3.8, 4) is 0 Å². The molecule has 0 aromatic heterocycles. The molecule has 3 heteroatoms. The lowest BCUT2D eigenvalue weighted by Gasteiger charge is -2.23. The van der Waals surface area contributed by atoms with Crippen LogP contribution in [0.3, 0.4) is 0 Å². The minimum absolute atomic E-state index is 0.726. The molecule has 1 fully saturated rings. The highest BCUT2D eigenvalue weighted by molar-refractivity contribution is 9.11. The van der Waals surface area contributed by atoms with E-state index in [1.54, 1.807) is 0 Å². The fraction of sp³-hybridized carbons (Fsp3) is 0.538. The Hall–Kier alpha value is 0.140. The van der Waals surface area contributed by atoms with E-state index in [1.807, 2.05) is 0 Å². The first-order valence-corrected chi connectivity index (χ1v) is 7.51. The van der Waals surface area contributed by atoms with Gasteiger partial charge in [0.15, 0.2) is 0 Å². The second-order valence-electron chi connectivity index (χ2n) is 4.45. The molecule has 2 rings (SSSR count). The fourth-order valence-electron chi connectivity index (χ4n) is 2.23. The van der Waals surface area contributed by atoms with E-state index in [-0.39, 0.29) is 0 Å². The van der Waals surface area contributed by atoms with Gasteiger partial charge in [-0.1, -0.05) is 57.2 Å². The molecule has 0 spiro atoms. The Morgan fingerprint density at radius 1 is 1.12 bits per heavy atom. The molecule has 0 bridgehead atoms. The SMILES string of the molecule is Brc1ccc(CNC2CCCCC2)c(Br)c1. The van der Waals surface area contributed by atoms with Gasteiger partial charge in [0.25, 0.3) is 0 Å². The third-order valence-electron chi connectivity index (χ3n) is 3.20. The van der Waals surface area contributed by atoms with Gasteiger partial charge >= 0.3 is 0 Å². The molecule has 1 saturated carbocycles. The smallest absolute Gasteiger partial charge is 0.0231 e. The van der Waals surface area contributed by atoms with Crippen LogP contribution in [-0.4, -0.2) is 6.04 Å². The van der Waals surface area contributed by atoms with E-state index in [4.69, 9.17) is 0 Å². The van der Waals surface area contributed by atoms with E-state index < -0.39 is 0 Å². The Bertz CT molecular complexity index is 346. The van der Waals surface area contributed by atoms with Crippen molar-refractivity contribution < 1.29 is 0 Å². The predicted molar refractivity (Wildman–Crippen MR) is 75.6 cm³/mol. The lowest BCUT2D eigenvalue weighted by atomic mass is 9.95. The van der Waals surface area contributed by atoms with Crippen molar-refractivity contribution in [3.63, 3.8) is 0 Å². The zero-order valence-electron chi connectivity index (χ0n) is 9.31. The van der Waals surface area contributed by atoms with Crippen molar-refractivity contribution in [2.75, 3.05) is 0 Å². The zero-order chi connectivity index (χ0) is 11.4. The predicted octanol–water partition coefficient (Wildman–Crippen LogP) is 4.63. The van der Waals surface area contributed by atoms with Crippen LogP contribution in [-0.2, 0) is 6.54 Å². The van der Waals surface area contributed by atoms with Crippen molar-refractivity contribution in [1.29, 1.82) is 0 Å². The van der Waals surface area contributed by atoms with Gasteiger partial charge in [-0.15, -0.1) is 0 Å². The van der Waals surface area contributed by atoms with Crippen LogP contribution in [0.4, 0.5) is 0 Å². The van der Waals surface area contributed by atoms with Crippen LogP contribution < -0.4 is 5.32 Å². The molecule has 1 aromatic rings. The van der Waals surface area contributed by atoms with E-state index in [0.29, 0.717) is 0 Å². The van der Waals surface area contributed by atoms with Crippen molar-refractivity contribution in [3.05, 3.63) is 32.7 Å². The first kappa shape index (κ1) is 12.6. The van der Waals surface area contributed by atoms with E-state index in [9.17, 15) is 0 Å². The maximum Gasteiger partial charge on any atom is 0.0231 e. The quantitative estimate of drug-likeness (QED) is 0.841. The monoisotopic (exact) mass is 345 g/mol. The van der Waals surface area contributed by atoms with Gasteiger partial charge in [0.1, 0.15) is 0 Å². The van der Waals surface area contributed by atoms with Gasteiger partial charge in [0.2, 0.25) is 0 Å². The summed E-state index contributed by atoms with van der Waals surface area (Å²) in [5, 5.41) is 3.65. The number of halogens is 2. The van der Waals surface area contributed by atoms with Crippen molar-refractivity contribution in [2.45, 2.75) is 44.7 Å². The summed E-state index contributed by atoms with van der Waals surface area (Å²) >= 11 is 7.08. The Labute approximate surface area is 114 Å². The molecule has 1 nitrogen and oxygen atoms in total. The van der Waals surface area contributed by atoms with Gasteiger partial charge in [-0.2, -0.15) is 0 Å². The molecule has 0 amide bonds. The molecule has 16 heavy (non-hydrogen) atoms. The van der Waals surface area contributed by atoms with Crippen LogP contribution >= 0.6 is 31.9 Å². The summed E-state index contributed by atoms with van der Waals surface area (Å²) in [4.78, 5) is 0. The molecule has 1 N–H and O–H groups in total. The molecule has 1 aromatic carbocycles. The number of rotatable bonds is 3. The van der Waals surface area contributed by atoms with E-state index in [2.05, 4.69) is 55.4 Å². The molecule has 88 valence electrons. The van der Waals surface area contributed by atoms with Crippen LogP contribution in [0, 0.1) is 0 Å². The first-order valence-electron chi connectivity index (χ1n) is 5.93. The van der Waals surface area contributed by atoms with Gasteiger partial charge < -0.3 is 5.32 Å². The molecule has 0 saturated heterocycles. The van der Waals surface area contributed by atoms with Crippen molar-refractivity contribution >= 4 is 31.9 Å². The molecule has 0 aliphatic heterocycles. The minimum atomic E-state index is 0.726. The zero-order valence-corrected chi connectivity index (χ0v) is 12.5. The number of benzene rings is 1. The van der Waals surface area contributed by atoms with Crippen LogP contribution in [0.25, 0.3) is 0 Å². The van der Waals surface area contributed by atoms with Crippen LogP contribution in [0.5, 0.6) is 0 Å². The average molecular weight is 347 g/mol. The number of hydrogen-bond acceptors (Lipinski definition) is 1. The summed E-state index contributed by atoms with van der Waals surface area (Å²) in [7, 11) is 0. The average Bonchev–Trinajstić information content (AvgIpc) is 2.29. The van der Waals surface area contributed by atoms with Crippen molar-refractivity contribution in [2.24, 2.45) is 0 Å². The molecule has 1 aliphatic carbocycles. The third kappa shape index (κ3) is 3.57. The summed E-state index contributed by atoms with van der Waals surface area (Å²) in [6.07, 6.45) is 6.88. The Kier molecular flexibility index (Phi) is 4.86. The lowest BCUT2D eigenvalue weighted by Crippen LogP contribution is -2.30. The minimum Gasteiger partial charge on any atom is -0.310 e. The fourth-order valence-corrected chi connectivity index (χ4v) is 3.41. The standard InChI is InChI=1S/C13H17Br2N/c14-11-7-6-10(13(15)8-11)9-16-12-4-2-1-3-5-12/h6-8,12,16H,1-5,9H2. The Morgan fingerprint density at radius 2 is 1.88 bits per heavy atom. The second kappa shape index (κ2) is 6.18. The Morgan fingerprint density at radius 3 is 2.56 bits per heavy atom. The summed E-state index contributed by atoms with van der Waals surface area (Å²) in [5.41, 5.74) is 1.34. The van der Waals surface area contributed by atoms with E-state index in [1.165, 1.54) is 42.1 Å². The largest absolute Gasteiger partial charge is 0.310 e. The molecule has 0 atom stereocenters. The van der Waals surface area contributed by atoms with Crippen molar-refractivity contribution in [1.82, 2.24) is 5.32 Å². The highest BCUT2D eigenvalue weighted by Crippen LogP contribution is 2.23. The molecular weight excluding hydrogens is 330 g/mol. The molecule has 1 aliphatic rings. The summed E-state index contributed by atoms with van der Waals surface area (Å²) in [6.45, 7) is 0.971. The lowest BCUT2D eigenvalue weighted by molar-refractivity contribution is 0.372. The van der Waals surface area contributed by atoms with Gasteiger partial charge in [-0.05, 0) is 30.5 Å².